The minimum atomic E-state index is -0.443. The molecule has 0 amide bonds. The predicted molar refractivity (Wildman–Crippen MR) is 66.3 cm³/mol. The molecule has 1 saturated heterocycles. The van der Waals surface area contributed by atoms with Crippen LogP contribution in [0, 0.1) is 0 Å². The van der Waals surface area contributed by atoms with Crippen LogP contribution in [0.3, 0.4) is 0 Å². The Morgan fingerprint density at radius 1 is 1.50 bits per heavy atom. The van der Waals surface area contributed by atoms with Crippen molar-refractivity contribution in [3.8, 4) is 5.75 Å². The number of aliphatic hydroxyl groups excluding tert-OH is 1. The van der Waals surface area contributed by atoms with Crippen LogP contribution in [0.1, 0.15) is 24.5 Å². The maximum absolute atomic E-state index is 10.2. The summed E-state index contributed by atoms with van der Waals surface area (Å²) in [6, 6.07) is 5.48. The fraction of sp³-hybridized carbons (Fsp3) is 0.500. The zero-order valence-electron chi connectivity index (χ0n) is 8.78. The number of thioether (sulfide) groups is 1. The molecule has 86 valence electrons. The Labute approximate surface area is 104 Å². The molecule has 1 aromatic rings. The number of benzene rings is 1. The van der Waals surface area contributed by atoms with Crippen molar-refractivity contribution in [3.05, 3.63) is 28.8 Å². The average molecular weight is 257 g/mol. The van der Waals surface area contributed by atoms with Crippen LogP contribution in [-0.2, 0) is 0 Å². The van der Waals surface area contributed by atoms with Crippen molar-refractivity contribution in [3.63, 3.8) is 0 Å². The first-order valence-electron chi connectivity index (χ1n) is 5.43. The second-order valence-electron chi connectivity index (χ2n) is 4.49. The van der Waals surface area contributed by atoms with Gasteiger partial charge in [0.05, 0.1) is 6.10 Å². The molecule has 0 aliphatic carbocycles. The number of hydrogen-bond donors (Lipinski definition) is 1. The van der Waals surface area contributed by atoms with Gasteiger partial charge in [-0.1, -0.05) is 11.6 Å². The molecular formula is C12H13ClO2S. The lowest BCUT2D eigenvalue weighted by molar-refractivity contribution is 0.00409. The first kappa shape index (κ1) is 10.8. The highest BCUT2D eigenvalue weighted by Gasteiger charge is 2.43. The molecule has 4 heteroatoms. The summed E-state index contributed by atoms with van der Waals surface area (Å²) in [6.07, 6.45) is 1.27. The Kier molecular flexibility index (Phi) is 2.57. The Balaban J connectivity index is 1.99. The summed E-state index contributed by atoms with van der Waals surface area (Å²) in [7, 11) is 0. The second-order valence-corrected chi connectivity index (χ2v) is 6.03. The first-order valence-corrected chi connectivity index (χ1v) is 6.96. The van der Waals surface area contributed by atoms with Gasteiger partial charge in [0, 0.05) is 22.8 Å². The molecule has 0 radical (unpaired) electrons. The largest absolute Gasteiger partial charge is 0.486 e. The quantitative estimate of drug-likeness (QED) is 0.774. The van der Waals surface area contributed by atoms with E-state index in [-0.39, 0.29) is 5.60 Å². The maximum Gasteiger partial charge on any atom is 0.126 e. The molecule has 2 aliphatic rings. The zero-order valence-corrected chi connectivity index (χ0v) is 10.4. The minimum Gasteiger partial charge on any atom is -0.486 e. The van der Waals surface area contributed by atoms with E-state index in [9.17, 15) is 5.11 Å². The molecule has 1 aromatic carbocycles. The fourth-order valence-electron chi connectivity index (χ4n) is 2.44. The van der Waals surface area contributed by atoms with Crippen LogP contribution in [0.15, 0.2) is 18.2 Å². The molecule has 0 bridgehead atoms. The van der Waals surface area contributed by atoms with Crippen molar-refractivity contribution >= 4 is 23.4 Å². The van der Waals surface area contributed by atoms with Crippen molar-refractivity contribution < 1.29 is 9.84 Å². The third-order valence-corrected chi connectivity index (χ3v) is 4.75. The maximum atomic E-state index is 10.2. The van der Waals surface area contributed by atoms with Gasteiger partial charge in [0.2, 0.25) is 0 Å². The summed E-state index contributed by atoms with van der Waals surface area (Å²) < 4.78 is 6.07. The lowest BCUT2D eigenvalue weighted by Crippen LogP contribution is -2.41. The van der Waals surface area contributed by atoms with E-state index in [1.54, 1.807) is 6.07 Å². The van der Waals surface area contributed by atoms with Gasteiger partial charge >= 0.3 is 0 Å². The predicted octanol–water partition coefficient (Wildman–Crippen LogP) is 3.03. The molecule has 1 N–H and O–H groups in total. The molecule has 16 heavy (non-hydrogen) atoms. The van der Waals surface area contributed by atoms with Gasteiger partial charge in [0.1, 0.15) is 11.4 Å². The van der Waals surface area contributed by atoms with Crippen LogP contribution in [-0.4, -0.2) is 22.2 Å². The smallest absolute Gasteiger partial charge is 0.126 e. The molecule has 3 rings (SSSR count). The fourth-order valence-corrected chi connectivity index (χ4v) is 3.97. The Morgan fingerprint density at radius 3 is 3.12 bits per heavy atom. The molecule has 0 aromatic heterocycles. The van der Waals surface area contributed by atoms with Gasteiger partial charge in [0.15, 0.2) is 0 Å². The van der Waals surface area contributed by atoms with Crippen LogP contribution in [0.4, 0.5) is 0 Å². The van der Waals surface area contributed by atoms with E-state index in [0.29, 0.717) is 11.4 Å². The van der Waals surface area contributed by atoms with Crippen molar-refractivity contribution in [1.82, 2.24) is 0 Å². The van der Waals surface area contributed by atoms with Gasteiger partial charge in [-0.25, -0.2) is 0 Å². The van der Waals surface area contributed by atoms with Crippen LogP contribution < -0.4 is 4.74 Å². The number of hydrogen-bond acceptors (Lipinski definition) is 3. The minimum absolute atomic E-state index is 0.148. The summed E-state index contributed by atoms with van der Waals surface area (Å²) in [5.41, 5.74) is 0.681. The molecule has 2 aliphatic heterocycles. The SMILES string of the molecule is O[C@H]1CC2(CCSC2)Oc2ccc(Cl)cc21. The van der Waals surface area contributed by atoms with Crippen molar-refractivity contribution in [2.75, 3.05) is 11.5 Å². The monoisotopic (exact) mass is 256 g/mol. The van der Waals surface area contributed by atoms with Gasteiger partial charge in [0.25, 0.3) is 0 Å². The highest BCUT2D eigenvalue weighted by Crippen LogP contribution is 2.46. The summed E-state index contributed by atoms with van der Waals surface area (Å²) in [6.45, 7) is 0. The van der Waals surface area contributed by atoms with E-state index in [4.69, 9.17) is 16.3 Å². The number of fused-ring (bicyclic) bond motifs is 1. The number of rotatable bonds is 0. The van der Waals surface area contributed by atoms with Gasteiger partial charge in [-0.15, -0.1) is 0 Å². The molecule has 1 fully saturated rings. The topological polar surface area (TPSA) is 29.5 Å². The molecule has 0 saturated carbocycles. The first-order chi connectivity index (χ1) is 7.69. The summed E-state index contributed by atoms with van der Waals surface area (Å²) in [5, 5.41) is 10.8. The standard InChI is InChI=1S/C12H13ClO2S/c13-8-1-2-11-9(5-8)10(14)6-12(15-11)3-4-16-7-12/h1-2,5,10,14H,3-4,6-7H2/t10-,12?/m0/s1. The number of halogens is 1. The second kappa shape index (κ2) is 3.83. The Hall–Kier alpha value is -0.380. The normalized spacial score (nSPS) is 32.5. The van der Waals surface area contributed by atoms with Crippen molar-refractivity contribution in [2.45, 2.75) is 24.5 Å². The number of aliphatic hydroxyl groups is 1. The Morgan fingerprint density at radius 2 is 2.38 bits per heavy atom. The highest BCUT2D eigenvalue weighted by atomic mass is 35.5. The molecule has 1 unspecified atom stereocenters. The summed E-state index contributed by atoms with van der Waals surface area (Å²) in [4.78, 5) is 0. The van der Waals surface area contributed by atoms with Gasteiger partial charge in [-0.2, -0.15) is 11.8 Å². The third-order valence-electron chi connectivity index (χ3n) is 3.29. The van der Waals surface area contributed by atoms with Crippen LogP contribution in [0.25, 0.3) is 0 Å². The number of ether oxygens (including phenoxy) is 1. The third kappa shape index (κ3) is 1.71. The van der Waals surface area contributed by atoms with Crippen molar-refractivity contribution in [2.24, 2.45) is 0 Å². The van der Waals surface area contributed by atoms with Gasteiger partial charge < -0.3 is 9.84 Å². The van der Waals surface area contributed by atoms with E-state index >= 15 is 0 Å². The molecule has 2 atom stereocenters. The molecule has 2 nitrogen and oxygen atoms in total. The van der Waals surface area contributed by atoms with Gasteiger partial charge in [-0.05, 0) is 30.4 Å². The van der Waals surface area contributed by atoms with Gasteiger partial charge in [-0.3, -0.25) is 0 Å². The summed E-state index contributed by atoms with van der Waals surface area (Å²) >= 11 is 7.82. The lowest BCUT2D eigenvalue weighted by atomic mass is 9.88. The van der Waals surface area contributed by atoms with E-state index in [2.05, 4.69) is 0 Å². The van der Waals surface area contributed by atoms with Crippen molar-refractivity contribution in [1.29, 1.82) is 0 Å². The van der Waals surface area contributed by atoms with E-state index < -0.39 is 6.10 Å². The molecule has 1 spiro atoms. The Bertz CT molecular complexity index is 415. The molecular weight excluding hydrogens is 244 g/mol. The zero-order chi connectivity index (χ0) is 11.2. The molecule has 2 heterocycles. The van der Waals surface area contributed by atoms with E-state index in [0.717, 1.165) is 29.2 Å². The summed E-state index contributed by atoms with van der Waals surface area (Å²) in [5.74, 6) is 2.90. The van der Waals surface area contributed by atoms with E-state index in [1.165, 1.54) is 0 Å². The van der Waals surface area contributed by atoms with Crippen LogP contribution in [0.5, 0.6) is 5.75 Å². The van der Waals surface area contributed by atoms with E-state index in [1.807, 2.05) is 23.9 Å². The highest BCUT2D eigenvalue weighted by molar-refractivity contribution is 7.99. The lowest BCUT2D eigenvalue weighted by Gasteiger charge is -2.37. The van der Waals surface area contributed by atoms with Crippen LogP contribution in [0.2, 0.25) is 5.02 Å². The van der Waals surface area contributed by atoms with Crippen LogP contribution >= 0.6 is 23.4 Å². The average Bonchev–Trinajstić information content (AvgIpc) is 2.68.